The molecule has 54 valence electrons. The average Bonchev–Trinajstić information content (AvgIpc) is 1.79. The van der Waals surface area contributed by atoms with Gasteiger partial charge in [0.05, 0.1) is 16.9 Å². The molecule has 0 aromatic rings. The summed E-state index contributed by atoms with van der Waals surface area (Å²) in [5.74, 6) is 0.215. The molecule has 0 bridgehead atoms. The van der Waals surface area contributed by atoms with E-state index in [-0.39, 0.29) is 22.1 Å². The Morgan fingerprint density at radius 3 is 2.11 bits per heavy atom. The van der Waals surface area contributed by atoms with Gasteiger partial charge >= 0.3 is 0 Å². The van der Waals surface area contributed by atoms with Crippen molar-refractivity contribution in [2.75, 3.05) is 11.5 Å². The van der Waals surface area contributed by atoms with E-state index < -0.39 is 9.84 Å². The number of halogens is 1. The van der Waals surface area contributed by atoms with Crippen molar-refractivity contribution in [3.8, 4) is 0 Å². The van der Waals surface area contributed by atoms with Crippen LogP contribution in [-0.4, -0.2) is 30.6 Å². The normalized spacial score (nSPS) is 41.1. The lowest BCUT2D eigenvalue weighted by atomic mass is 10.4. The standard InChI is InChI=1S/C4H7ClO2S2/c5-3-1-9(6,7)2-4(3)8/h3-4,8H,1-2H2/t3-,4+/m0/s1. The SMILES string of the molecule is O=S1(=O)C[C@@H](S)[C@@H](Cl)C1. The minimum atomic E-state index is -2.85. The highest BCUT2D eigenvalue weighted by atomic mass is 35.5. The Morgan fingerprint density at radius 2 is 2.00 bits per heavy atom. The van der Waals surface area contributed by atoms with Crippen LogP contribution in [-0.2, 0) is 9.84 Å². The van der Waals surface area contributed by atoms with Gasteiger partial charge < -0.3 is 0 Å². The molecule has 0 amide bonds. The minimum Gasteiger partial charge on any atom is -0.229 e. The van der Waals surface area contributed by atoms with Crippen LogP contribution in [0.5, 0.6) is 0 Å². The third-order valence-electron chi connectivity index (χ3n) is 1.26. The van der Waals surface area contributed by atoms with E-state index in [0.29, 0.717) is 0 Å². The molecule has 0 aromatic carbocycles. The number of alkyl halides is 1. The Morgan fingerprint density at radius 1 is 1.44 bits per heavy atom. The predicted molar refractivity (Wildman–Crippen MR) is 41.1 cm³/mol. The molecular formula is C4H7ClO2S2. The van der Waals surface area contributed by atoms with Crippen LogP contribution < -0.4 is 0 Å². The second-order valence-corrected chi connectivity index (χ2v) is 5.54. The highest BCUT2D eigenvalue weighted by Gasteiger charge is 2.33. The molecule has 2 atom stereocenters. The summed E-state index contributed by atoms with van der Waals surface area (Å²) >= 11 is 9.58. The maximum absolute atomic E-state index is 10.7. The van der Waals surface area contributed by atoms with Gasteiger partial charge in [-0.25, -0.2) is 8.42 Å². The molecule has 5 heteroatoms. The second kappa shape index (κ2) is 2.32. The quantitative estimate of drug-likeness (QED) is 0.437. The van der Waals surface area contributed by atoms with Crippen molar-refractivity contribution < 1.29 is 8.42 Å². The Hall–Kier alpha value is 0.590. The highest BCUT2D eigenvalue weighted by Crippen LogP contribution is 2.21. The van der Waals surface area contributed by atoms with Crippen LogP contribution in [0.15, 0.2) is 0 Å². The summed E-state index contributed by atoms with van der Waals surface area (Å²) in [7, 11) is -2.85. The minimum absolute atomic E-state index is 0.0860. The van der Waals surface area contributed by atoms with Gasteiger partial charge in [-0.1, -0.05) is 0 Å². The topological polar surface area (TPSA) is 34.1 Å². The van der Waals surface area contributed by atoms with Crippen molar-refractivity contribution >= 4 is 34.1 Å². The van der Waals surface area contributed by atoms with Gasteiger partial charge in [-0.3, -0.25) is 0 Å². The van der Waals surface area contributed by atoms with Crippen LogP contribution in [0.4, 0.5) is 0 Å². The first-order valence-corrected chi connectivity index (χ1v) is 5.31. The van der Waals surface area contributed by atoms with Crippen molar-refractivity contribution in [3.05, 3.63) is 0 Å². The number of sulfone groups is 1. The summed E-state index contributed by atoms with van der Waals surface area (Å²) in [5.41, 5.74) is 0. The molecule has 1 aliphatic rings. The van der Waals surface area contributed by atoms with Gasteiger partial charge in [0.2, 0.25) is 0 Å². The molecule has 1 heterocycles. The van der Waals surface area contributed by atoms with Gasteiger partial charge in [0.1, 0.15) is 0 Å². The van der Waals surface area contributed by atoms with E-state index in [9.17, 15) is 8.42 Å². The summed E-state index contributed by atoms with van der Waals surface area (Å²) < 4.78 is 21.4. The van der Waals surface area contributed by atoms with E-state index in [1.807, 2.05) is 0 Å². The second-order valence-electron chi connectivity index (χ2n) is 2.16. The number of hydrogen-bond acceptors (Lipinski definition) is 3. The maximum Gasteiger partial charge on any atom is 0.152 e. The van der Waals surface area contributed by atoms with Gasteiger partial charge in [0.25, 0.3) is 0 Å². The van der Waals surface area contributed by atoms with Crippen LogP contribution in [0.3, 0.4) is 0 Å². The third kappa shape index (κ3) is 1.75. The lowest BCUT2D eigenvalue weighted by Gasteiger charge is -1.98. The van der Waals surface area contributed by atoms with E-state index in [1.54, 1.807) is 0 Å². The van der Waals surface area contributed by atoms with Crippen molar-refractivity contribution in [2.24, 2.45) is 0 Å². The van der Waals surface area contributed by atoms with Crippen LogP contribution >= 0.6 is 24.2 Å². The molecule has 0 aromatic heterocycles. The lowest BCUT2D eigenvalue weighted by molar-refractivity contribution is 0.602. The first kappa shape index (κ1) is 7.69. The molecule has 1 saturated heterocycles. The van der Waals surface area contributed by atoms with E-state index in [2.05, 4.69) is 12.6 Å². The largest absolute Gasteiger partial charge is 0.229 e. The van der Waals surface area contributed by atoms with Crippen LogP contribution in [0, 0.1) is 0 Å². The molecule has 0 saturated carbocycles. The molecular weight excluding hydrogens is 180 g/mol. The molecule has 0 N–H and O–H groups in total. The molecule has 0 radical (unpaired) electrons. The smallest absolute Gasteiger partial charge is 0.152 e. The van der Waals surface area contributed by atoms with Gasteiger partial charge in [0.15, 0.2) is 9.84 Å². The highest BCUT2D eigenvalue weighted by molar-refractivity contribution is 7.93. The van der Waals surface area contributed by atoms with E-state index in [0.717, 1.165) is 0 Å². The zero-order chi connectivity index (χ0) is 7.07. The Balaban J connectivity index is 2.77. The van der Waals surface area contributed by atoms with Crippen LogP contribution in [0.2, 0.25) is 0 Å². The van der Waals surface area contributed by atoms with E-state index in [4.69, 9.17) is 11.6 Å². The monoisotopic (exact) mass is 186 g/mol. The first-order chi connectivity index (χ1) is 4.01. The zero-order valence-electron chi connectivity index (χ0n) is 4.62. The summed E-state index contributed by atoms with van der Waals surface area (Å²) in [6.45, 7) is 0. The number of hydrogen-bond donors (Lipinski definition) is 1. The Kier molecular flexibility index (Phi) is 1.99. The van der Waals surface area contributed by atoms with Gasteiger partial charge in [0, 0.05) is 5.25 Å². The van der Waals surface area contributed by atoms with Crippen LogP contribution in [0.25, 0.3) is 0 Å². The van der Waals surface area contributed by atoms with Gasteiger partial charge in [-0.15, -0.1) is 11.6 Å². The van der Waals surface area contributed by atoms with Crippen LogP contribution in [0.1, 0.15) is 0 Å². The fraction of sp³-hybridized carbons (Fsp3) is 1.00. The third-order valence-corrected chi connectivity index (χ3v) is 4.60. The number of rotatable bonds is 0. The molecule has 9 heavy (non-hydrogen) atoms. The van der Waals surface area contributed by atoms with Crippen molar-refractivity contribution in [1.82, 2.24) is 0 Å². The molecule has 0 spiro atoms. The first-order valence-electron chi connectivity index (χ1n) is 2.54. The summed E-state index contributed by atoms with van der Waals surface area (Å²) in [6.07, 6.45) is 0. The molecule has 0 aliphatic carbocycles. The van der Waals surface area contributed by atoms with E-state index >= 15 is 0 Å². The maximum atomic E-state index is 10.7. The number of thiol groups is 1. The predicted octanol–water partition coefficient (Wildman–Crippen LogP) is 0.321. The Bertz CT molecular complexity index is 183. The average molecular weight is 187 g/mol. The summed E-state index contributed by atoms with van der Waals surface area (Å²) in [5, 5.41) is -0.463. The fourth-order valence-corrected chi connectivity index (χ4v) is 4.09. The summed E-state index contributed by atoms with van der Waals surface area (Å²) in [6, 6.07) is 0. The lowest BCUT2D eigenvalue weighted by Crippen LogP contribution is -2.09. The molecule has 2 nitrogen and oxygen atoms in total. The van der Waals surface area contributed by atoms with Crippen molar-refractivity contribution in [3.63, 3.8) is 0 Å². The summed E-state index contributed by atoms with van der Waals surface area (Å²) in [4.78, 5) is 0. The Labute approximate surface area is 64.9 Å². The molecule has 1 fully saturated rings. The molecule has 0 unspecified atom stereocenters. The van der Waals surface area contributed by atoms with Gasteiger partial charge in [-0.05, 0) is 0 Å². The zero-order valence-corrected chi connectivity index (χ0v) is 7.09. The van der Waals surface area contributed by atoms with Crippen molar-refractivity contribution in [1.29, 1.82) is 0 Å². The molecule has 1 aliphatic heterocycles. The van der Waals surface area contributed by atoms with E-state index in [1.165, 1.54) is 0 Å². The van der Waals surface area contributed by atoms with Crippen molar-refractivity contribution in [2.45, 2.75) is 10.6 Å². The fourth-order valence-electron chi connectivity index (χ4n) is 0.786. The molecule has 1 rings (SSSR count). The van der Waals surface area contributed by atoms with Gasteiger partial charge in [-0.2, -0.15) is 12.6 Å².